The minimum atomic E-state index is 0.372. The molecule has 1 aliphatic rings. The Morgan fingerprint density at radius 1 is 1.45 bits per heavy atom. The maximum Gasteiger partial charge on any atom is 0.158 e. The number of ether oxygens (including phenoxy) is 1. The molecule has 20 heavy (non-hydrogen) atoms. The molecule has 1 saturated heterocycles. The number of aromatic nitrogens is 2. The number of nitrogens with one attached hydrogen (secondary N) is 2. The zero-order chi connectivity index (χ0) is 14.4. The highest BCUT2D eigenvalue weighted by Gasteiger charge is 2.20. The van der Waals surface area contributed by atoms with Crippen molar-refractivity contribution in [2.24, 2.45) is 11.8 Å². The molecule has 0 aromatic carbocycles. The summed E-state index contributed by atoms with van der Waals surface area (Å²) in [6.45, 7) is 6.97. The van der Waals surface area contributed by atoms with Crippen molar-refractivity contribution in [3.05, 3.63) is 11.9 Å². The molecule has 1 unspecified atom stereocenters. The van der Waals surface area contributed by atoms with E-state index in [1.807, 2.05) is 6.07 Å². The second-order valence-electron chi connectivity index (χ2n) is 5.06. The van der Waals surface area contributed by atoms with Crippen molar-refractivity contribution in [3.8, 4) is 0 Å². The first kappa shape index (κ1) is 15.0. The van der Waals surface area contributed by atoms with Gasteiger partial charge in [0, 0.05) is 26.3 Å². The Bertz CT molecular complexity index is 427. The molecule has 0 radical (unpaired) electrons. The summed E-state index contributed by atoms with van der Waals surface area (Å²) in [6.07, 6.45) is 1.23. The molecular formula is C13H24N6O. The Hall–Kier alpha value is -1.44. The van der Waals surface area contributed by atoms with Gasteiger partial charge in [-0.2, -0.15) is 0 Å². The standard InChI is InChI=1S/C13H24N6O/c1-3-19-5-4-10(8-19)7-15-11-6-12(18-14)17-13(16-11)9-20-2/h6,10H,3-5,7-9,14H2,1-2H3,(H2,15,16,17,18). The molecule has 7 heteroatoms. The average molecular weight is 280 g/mol. The Balaban J connectivity index is 1.93. The molecular weight excluding hydrogens is 256 g/mol. The molecule has 1 fully saturated rings. The highest BCUT2D eigenvalue weighted by molar-refractivity contribution is 5.46. The van der Waals surface area contributed by atoms with Gasteiger partial charge < -0.3 is 20.4 Å². The molecule has 2 rings (SSSR count). The number of nitrogens with zero attached hydrogens (tertiary/aromatic N) is 3. The summed E-state index contributed by atoms with van der Waals surface area (Å²) in [4.78, 5) is 11.1. The summed E-state index contributed by atoms with van der Waals surface area (Å²) in [7, 11) is 1.62. The fourth-order valence-electron chi connectivity index (χ4n) is 2.47. The second kappa shape index (κ2) is 7.37. The van der Waals surface area contributed by atoms with Gasteiger partial charge in [0.1, 0.15) is 18.2 Å². The van der Waals surface area contributed by atoms with Crippen molar-refractivity contribution in [3.63, 3.8) is 0 Å². The lowest BCUT2D eigenvalue weighted by Crippen LogP contribution is -2.23. The van der Waals surface area contributed by atoms with Crippen LogP contribution in [0, 0.1) is 5.92 Å². The van der Waals surface area contributed by atoms with E-state index in [1.54, 1.807) is 7.11 Å². The lowest BCUT2D eigenvalue weighted by molar-refractivity contribution is 0.178. The molecule has 1 aromatic heterocycles. The van der Waals surface area contributed by atoms with Crippen LogP contribution in [0.5, 0.6) is 0 Å². The zero-order valence-electron chi connectivity index (χ0n) is 12.2. The van der Waals surface area contributed by atoms with Crippen molar-refractivity contribution < 1.29 is 4.74 Å². The fraction of sp³-hybridized carbons (Fsp3) is 0.692. The largest absolute Gasteiger partial charge is 0.377 e. The van der Waals surface area contributed by atoms with Gasteiger partial charge in [0.15, 0.2) is 5.82 Å². The van der Waals surface area contributed by atoms with Crippen molar-refractivity contribution >= 4 is 11.6 Å². The molecule has 1 aromatic rings. The van der Waals surface area contributed by atoms with E-state index in [4.69, 9.17) is 10.6 Å². The topological polar surface area (TPSA) is 88.3 Å². The normalized spacial score (nSPS) is 19.2. The number of anilines is 2. The summed E-state index contributed by atoms with van der Waals surface area (Å²) in [6, 6.07) is 1.81. The molecule has 0 bridgehead atoms. The fourth-order valence-corrected chi connectivity index (χ4v) is 2.47. The van der Waals surface area contributed by atoms with Crippen LogP contribution in [0.2, 0.25) is 0 Å². The van der Waals surface area contributed by atoms with E-state index in [0.717, 1.165) is 25.5 Å². The predicted octanol–water partition coefficient (Wildman–Crippen LogP) is 0.662. The minimum Gasteiger partial charge on any atom is -0.377 e. The summed E-state index contributed by atoms with van der Waals surface area (Å²) in [5.74, 6) is 8.09. The molecule has 0 spiro atoms. The Kier molecular flexibility index (Phi) is 5.51. The SMILES string of the molecule is CCN1CCC(CNc2cc(NN)nc(COC)n2)C1. The quantitative estimate of drug-likeness (QED) is 0.499. The minimum absolute atomic E-state index is 0.372. The maximum absolute atomic E-state index is 5.42. The lowest BCUT2D eigenvalue weighted by Gasteiger charge is -2.14. The predicted molar refractivity (Wildman–Crippen MR) is 79.3 cm³/mol. The van der Waals surface area contributed by atoms with E-state index < -0.39 is 0 Å². The molecule has 112 valence electrons. The van der Waals surface area contributed by atoms with Crippen molar-refractivity contribution in [1.82, 2.24) is 14.9 Å². The lowest BCUT2D eigenvalue weighted by atomic mass is 10.1. The van der Waals surface area contributed by atoms with E-state index in [1.165, 1.54) is 13.0 Å². The van der Waals surface area contributed by atoms with Gasteiger partial charge in [0.25, 0.3) is 0 Å². The molecule has 1 aliphatic heterocycles. The van der Waals surface area contributed by atoms with Gasteiger partial charge >= 0.3 is 0 Å². The van der Waals surface area contributed by atoms with Crippen LogP contribution in [0.15, 0.2) is 6.07 Å². The molecule has 7 nitrogen and oxygen atoms in total. The van der Waals surface area contributed by atoms with Crippen LogP contribution in [0.1, 0.15) is 19.2 Å². The molecule has 2 heterocycles. The highest BCUT2D eigenvalue weighted by Crippen LogP contribution is 2.17. The highest BCUT2D eigenvalue weighted by atomic mass is 16.5. The zero-order valence-corrected chi connectivity index (χ0v) is 12.2. The number of methoxy groups -OCH3 is 1. The van der Waals surface area contributed by atoms with Crippen LogP contribution < -0.4 is 16.6 Å². The van der Waals surface area contributed by atoms with Gasteiger partial charge in [-0.3, -0.25) is 0 Å². The monoisotopic (exact) mass is 280 g/mol. The first-order chi connectivity index (χ1) is 9.75. The molecule has 1 atom stereocenters. The summed E-state index contributed by atoms with van der Waals surface area (Å²) >= 11 is 0. The number of likely N-dealkylation sites (tertiary alicyclic amines) is 1. The smallest absolute Gasteiger partial charge is 0.158 e. The van der Waals surface area contributed by atoms with Crippen LogP contribution >= 0.6 is 0 Å². The number of hydrazine groups is 1. The summed E-state index contributed by atoms with van der Waals surface area (Å²) in [5.41, 5.74) is 2.56. The summed E-state index contributed by atoms with van der Waals surface area (Å²) < 4.78 is 5.06. The molecule has 0 saturated carbocycles. The number of hydrogen-bond donors (Lipinski definition) is 3. The number of rotatable bonds is 7. The molecule has 0 aliphatic carbocycles. The van der Waals surface area contributed by atoms with E-state index in [2.05, 4.69) is 32.5 Å². The van der Waals surface area contributed by atoms with Crippen LogP contribution in [-0.4, -0.2) is 48.2 Å². The van der Waals surface area contributed by atoms with Gasteiger partial charge in [-0.15, -0.1) is 0 Å². The Morgan fingerprint density at radius 3 is 2.90 bits per heavy atom. The van der Waals surface area contributed by atoms with Gasteiger partial charge in [0.05, 0.1) is 0 Å². The summed E-state index contributed by atoms with van der Waals surface area (Å²) in [5, 5.41) is 3.38. The Labute approximate surface area is 119 Å². The van der Waals surface area contributed by atoms with E-state index in [9.17, 15) is 0 Å². The second-order valence-corrected chi connectivity index (χ2v) is 5.06. The maximum atomic E-state index is 5.42. The molecule has 4 N–H and O–H groups in total. The third-order valence-corrected chi connectivity index (χ3v) is 3.58. The first-order valence-corrected chi connectivity index (χ1v) is 7.05. The van der Waals surface area contributed by atoms with Crippen LogP contribution in [0.3, 0.4) is 0 Å². The van der Waals surface area contributed by atoms with E-state index >= 15 is 0 Å². The van der Waals surface area contributed by atoms with Crippen LogP contribution in [0.25, 0.3) is 0 Å². The molecule has 0 amide bonds. The van der Waals surface area contributed by atoms with Gasteiger partial charge in [-0.05, 0) is 25.4 Å². The Morgan fingerprint density at radius 2 is 2.25 bits per heavy atom. The van der Waals surface area contributed by atoms with Gasteiger partial charge in [-0.25, -0.2) is 15.8 Å². The van der Waals surface area contributed by atoms with E-state index in [-0.39, 0.29) is 0 Å². The van der Waals surface area contributed by atoms with Crippen molar-refractivity contribution in [2.75, 3.05) is 44.0 Å². The number of nitrogens with two attached hydrogens (primary N) is 1. The first-order valence-electron chi connectivity index (χ1n) is 7.05. The van der Waals surface area contributed by atoms with Crippen molar-refractivity contribution in [1.29, 1.82) is 0 Å². The van der Waals surface area contributed by atoms with Gasteiger partial charge in [-0.1, -0.05) is 6.92 Å². The van der Waals surface area contributed by atoms with Gasteiger partial charge in [0.2, 0.25) is 0 Å². The van der Waals surface area contributed by atoms with Crippen molar-refractivity contribution in [2.45, 2.75) is 20.0 Å². The van der Waals surface area contributed by atoms with E-state index in [0.29, 0.717) is 24.2 Å². The third kappa shape index (κ3) is 4.03. The average Bonchev–Trinajstić information content (AvgIpc) is 2.93. The third-order valence-electron chi connectivity index (χ3n) is 3.58. The number of hydrogen-bond acceptors (Lipinski definition) is 7. The van der Waals surface area contributed by atoms with Crippen LogP contribution in [0.4, 0.5) is 11.6 Å². The van der Waals surface area contributed by atoms with Crippen LogP contribution in [-0.2, 0) is 11.3 Å². The number of nitrogen functional groups attached to an aromatic ring is 1.